The van der Waals surface area contributed by atoms with Gasteiger partial charge in [-0.25, -0.2) is 0 Å². The number of nitrogens with two attached hydrogens (primary N) is 1. The van der Waals surface area contributed by atoms with Crippen molar-refractivity contribution in [3.8, 4) is 5.75 Å². The first kappa shape index (κ1) is 10.4. The minimum Gasteiger partial charge on any atom is -0.508 e. The first-order chi connectivity index (χ1) is 6.02. The zero-order chi connectivity index (χ0) is 10.0. The molecule has 0 aliphatic rings. The molecule has 0 fully saturated rings. The molecule has 0 bridgehead atoms. The van der Waals surface area contributed by atoms with Gasteiger partial charge in [0.05, 0.1) is 0 Å². The van der Waals surface area contributed by atoms with Crippen molar-refractivity contribution < 1.29 is 5.11 Å². The van der Waals surface area contributed by atoms with Crippen LogP contribution in [0.25, 0.3) is 0 Å². The second-order valence-electron chi connectivity index (χ2n) is 3.35. The molecule has 0 spiro atoms. The smallest absolute Gasteiger partial charge is 0.117 e. The summed E-state index contributed by atoms with van der Waals surface area (Å²) in [5, 5.41) is 9.72. The van der Waals surface area contributed by atoms with Crippen LogP contribution in [0.1, 0.15) is 25.3 Å². The number of phenols is 1. The number of hydrogen-bond acceptors (Lipinski definition) is 2. The molecule has 0 aliphatic heterocycles. The Morgan fingerprint density at radius 2 is 2.00 bits per heavy atom. The van der Waals surface area contributed by atoms with Crippen molar-refractivity contribution in [3.63, 3.8) is 0 Å². The molecule has 2 nitrogen and oxygen atoms in total. The lowest BCUT2D eigenvalue weighted by molar-refractivity contribution is 0.474. The van der Waals surface area contributed by atoms with Crippen molar-refractivity contribution in [2.75, 3.05) is 0 Å². The van der Waals surface area contributed by atoms with E-state index in [1.807, 2.05) is 19.9 Å². The Morgan fingerprint density at radius 3 is 2.46 bits per heavy atom. The van der Waals surface area contributed by atoms with Gasteiger partial charge in [-0.05, 0) is 30.5 Å². The minimum atomic E-state index is 0.0574. The van der Waals surface area contributed by atoms with Gasteiger partial charge in [0.25, 0.3) is 0 Å². The van der Waals surface area contributed by atoms with Crippen LogP contribution in [0.2, 0.25) is 5.02 Å². The molecule has 3 N–H and O–H groups in total. The summed E-state index contributed by atoms with van der Waals surface area (Å²) in [6, 6.07) is 5.03. The number of aromatic hydroxyl groups is 1. The van der Waals surface area contributed by atoms with Gasteiger partial charge in [-0.15, -0.1) is 0 Å². The molecular weight excluding hydrogens is 186 g/mol. The van der Waals surface area contributed by atoms with Gasteiger partial charge in [-0.1, -0.05) is 24.6 Å². The molecule has 1 aromatic carbocycles. The largest absolute Gasteiger partial charge is 0.508 e. The molecule has 0 aliphatic carbocycles. The topological polar surface area (TPSA) is 46.2 Å². The lowest BCUT2D eigenvalue weighted by Gasteiger charge is -2.17. The number of halogens is 1. The maximum atomic E-state index is 9.14. The van der Waals surface area contributed by atoms with Gasteiger partial charge < -0.3 is 10.8 Å². The van der Waals surface area contributed by atoms with Crippen molar-refractivity contribution in [2.45, 2.75) is 25.8 Å². The fourth-order valence-corrected chi connectivity index (χ4v) is 1.52. The van der Waals surface area contributed by atoms with Crippen LogP contribution >= 0.6 is 11.6 Å². The quantitative estimate of drug-likeness (QED) is 0.769. The summed E-state index contributed by atoms with van der Waals surface area (Å²) in [4.78, 5) is 0. The molecule has 2 unspecified atom stereocenters. The second-order valence-corrected chi connectivity index (χ2v) is 3.76. The maximum Gasteiger partial charge on any atom is 0.117 e. The number of phenolic OH excluding ortho intramolecular Hbond substituents is 1. The Morgan fingerprint density at radius 1 is 1.38 bits per heavy atom. The Hall–Kier alpha value is -0.730. The molecule has 13 heavy (non-hydrogen) atoms. The van der Waals surface area contributed by atoms with E-state index < -0.39 is 0 Å². The fraction of sp³-hybridized carbons (Fsp3) is 0.400. The van der Waals surface area contributed by atoms with Gasteiger partial charge in [0.2, 0.25) is 0 Å². The summed E-state index contributed by atoms with van der Waals surface area (Å²) >= 11 is 5.95. The number of rotatable bonds is 2. The molecule has 1 aromatic rings. The van der Waals surface area contributed by atoms with Crippen LogP contribution in [-0.2, 0) is 0 Å². The average Bonchev–Trinajstić information content (AvgIpc) is 2.03. The minimum absolute atomic E-state index is 0.0574. The van der Waals surface area contributed by atoms with Crippen LogP contribution in [0, 0.1) is 0 Å². The maximum absolute atomic E-state index is 9.14. The average molecular weight is 200 g/mol. The van der Waals surface area contributed by atoms with E-state index in [1.165, 1.54) is 6.07 Å². The molecule has 0 aromatic heterocycles. The van der Waals surface area contributed by atoms with Crippen LogP contribution in [0.5, 0.6) is 5.75 Å². The molecule has 0 radical (unpaired) electrons. The lowest BCUT2D eigenvalue weighted by atomic mass is 9.95. The highest BCUT2D eigenvalue weighted by Crippen LogP contribution is 2.28. The molecule has 0 amide bonds. The summed E-state index contributed by atoms with van der Waals surface area (Å²) < 4.78 is 0. The van der Waals surface area contributed by atoms with Crippen molar-refractivity contribution in [2.24, 2.45) is 5.73 Å². The van der Waals surface area contributed by atoms with Crippen LogP contribution in [0.4, 0.5) is 0 Å². The van der Waals surface area contributed by atoms with Gasteiger partial charge in [-0.2, -0.15) is 0 Å². The van der Waals surface area contributed by atoms with Crippen LogP contribution in [0.15, 0.2) is 18.2 Å². The Kier molecular flexibility index (Phi) is 3.17. The summed E-state index contributed by atoms with van der Waals surface area (Å²) in [5.41, 5.74) is 6.73. The molecule has 0 saturated carbocycles. The third-order valence-corrected chi connectivity index (χ3v) is 2.59. The number of benzene rings is 1. The monoisotopic (exact) mass is 199 g/mol. The highest BCUT2D eigenvalue weighted by molar-refractivity contribution is 6.31. The van der Waals surface area contributed by atoms with Gasteiger partial charge in [0, 0.05) is 11.1 Å². The Balaban J connectivity index is 3.01. The van der Waals surface area contributed by atoms with Crippen molar-refractivity contribution >= 4 is 11.6 Å². The molecule has 0 heterocycles. The zero-order valence-corrected chi connectivity index (χ0v) is 8.55. The predicted molar refractivity (Wildman–Crippen MR) is 55.2 cm³/mol. The highest BCUT2D eigenvalue weighted by atomic mass is 35.5. The van der Waals surface area contributed by atoms with Gasteiger partial charge in [-0.3, -0.25) is 0 Å². The number of hydrogen-bond donors (Lipinski definition) is 2. The van der Waals surface area contributed by atoms with E-state index in [0.29, 0.717) is 5.02 Å². The standard InChI is InChI=1S/C10H14ClNO/c1-6(7(2)12)9-4-3-8(13)5-10(9)11/h3-7,13H,12H2,1-2H3. The van der Waals surface area contributed by atoms with Crippen LogP contribution < -0.4 is 5.73 Å². The first-order valence-electron chi connectivity index (χ1n) is 4.26. The van der Waals surface area contributed by atoms with Crippen LogP contribution in [0.3, 0.4) is 0 Å². The Bertz CT molecular complexity index is 299. The summed E-state index contributed by atoms with van der Waals surface area (Å²) in [5.74, 6) is 0.388. The first-order valence-corrected chi connectivity index (χ1v) is 4.64. The fourth-order valence-electron chi connectivity index (χ4n) is 1.17. The van der Waals surface area contributed by atoms with Gasteiger partial charge >= 0.3 is 0 Å². The van der Waals surface area contributed by atoms with Gasteiger partial charge in [0.1, 0.15) is 5.75 Å². The molecule has 3 heteroatoms. The van der Waals surface area contributed by atoms with E-state index in [4.69, 9.17) is 22.4 Å². The van der Waals surface area contributed by atoms with Crippen molar-refractivity contribution in [3.05, 3.63) is 28.8 Å². The van der Waals surface area contributed by atoms with Crippen LogP contribution in [-0.4, -0.2) is 11.1 Å². The zero-order valence-electron chi connectivity index (χ0n) is 7.79. The normalized spacial score (nSPS) is 15.4. The summed E-state index contributed by atoms with van der Waals surface area (Å²) in [7, 11) is 0. The molecule has 1 rings (SSSR count). The third-order valence-electron chi connectivity index (χ3n) is 2.26. The molecule has 0 saturated heterocycles. The summed E-state index contributed by atoms with van der Waals surface area (Å²) in [6.45, 7) is 3.96. The van der Waals surface area contributed by atoms with E-state index in [2.05, 4.69) is 0 Å². The van der Waals surface area contributed by atoms with E-state index in [0.717, 1.165) is 5.56 Å². The molecular formula is C10H14ClNO. The predicted octanol–water partition coefficient (Wildman–Crippen LogP) is 2.50. The molecule has 72 valence electrons. The van der Waals surface area contributed by atoms with E-state index in [1.54, 1.807) is 6.07 Å². The molecule has 2 atom stereocenters. The van der Waals surface area contributed by atoms with E-state index >= 15 is 0 Å². The van der Waals surface area contributed by atoms with Crippen molar-refractivity contribution in [1.82, 2.24) is 0 Å². The van der Waals surface area contributed by atoms with E-state index in [9.17, 15) is 0 Å². The van der Waals surface area contributed by atoms with Gasteiger partial charge in [0.15, 0.2) is 0 Å². The highest BCUT2D eigenvalue weighted by Gasteiger charge is 2.13. The Labute approximate surface area is 83.3 Å². The third kappa shape index (κ3) is 2.36. The summed E-state index contributed by atoms with van der Waals surface area (Å²) in [6.07, 6.45) is 0. The SMILES string of the molecule is CC(N)C(C)c1ccc(O)cc1Cl. The second kappa shape index (κ2) is 3.99. The van der Waals surface area contributed by atoms with E-state index in [-0.39, 0.29) is 17.7 Å². The lowest BCUT2D eigenvalue weighted by Crippen LogP contribution is -2.22. The van der Waals surface area contributed by atoms with Crippen molar-refractivity contribution in [1.29, 1.82) is 0 Å².